The van der Waals surface area contributed by atoms with Crippen LogP contribution in [0.2, 0.25) is 5.02 Å². The highest BCUT2D eigenvalue weighted by Gasteiger charge is 2.36. The smallest absolute Gasteiger partial charge is 0.283 e. The molecule has 1 N–H and O–H groups in total. The molecule has 0 spiro atoms. The molecule has 36 heavy (non-hydrogen) atoms. The number of fused-ring (bicyclic) bond motifs is 1. The average molecular weight is 520 g/mol. The standard InChI is InChI=1S/C27H19ClFN3O3S/c1-34-23-13-16(12-20(28)24(23)35-14-18-9-5-6-10-21(18)29)11-19-25(30)32-22(17-7-3-2-4-8-17)15-36-27(32)31-26(19)33/h2-13,15,30H,14H2,1H3. The maximum absolute atomic E-state index is 14.0. The normalized spacial score (nSPS) is 16.1. The lowest BCUT2D eigenvalue weighted by Crippen LogP contribution is -2.38. The number of nitrogens with one attached hydrogen (secondary N) is 1. The number of amidine groups is 2. The fourth-order valence-corrected chi connectivity index (χ4v) is 4.97. The molecule has 0 radical (unpaired) electrons. The Morgan fingerprint density at radius 3 is 2.64 bits per heavy atom. The Labute approximate surface area is 216 Å². The zero-order chi connectivity index (χ0) is 25.2. The summed E-state index contributed by atoms with van der Waals surface area (Å²) < 4.78 is 25.2. The zero-order valence-corrected chi connectivity index (χ0v) is 20.6. The van der Waals surface area contributed by atoms with Crippen molar-refractivity contribution in [2.45, 2.75) is 6.61 Å². The van der Waals surface area contributed by atoms with Crippen molar-refractivity contribution in [1.82, 2.24) is 4.90 Å². The van der Waals surface area contributed by atoms with E-state index < -0.39 is 5.91 Å². The molecule has 0 unspecified atom stereocenters. The monoisotopic (exact) mass is 519 g/mol. The van der Waals surface area contributed by atoms with Crippen LogP contribution in [0.3, 0.4) is 0 Å². The van der Waals surface area contributed by atoms with Crippen LogP contribution in [-0.2, 0) is 11.4 Å². The highest BCUT2D eigenvalue weighted by molar-refractivity contribution is 8.17. The number of ether oxygens (including phenoxy) is 2. The van der Waals surface area contributed by atoms with Crippen LogP contribution in [0.15, 0.2) is 82.7 Å². The summed E-state index contributed by atoms with van der Waals surface area (Å²) in [6.07, 6.45) is 1.55. The van der Waals surface area contributed by atoms with E-state index in [1.807, 2.05) is 35.7 Å². The van der Waals surface area contributed by atoms with E-state index in [0.717, 1.165) is 11.3 Å². The lowest BCUT2D eigenvalue weighted by Gasteiger charge is -2.27. The van der Waals surface area contributed by atoms with Gasteiger partial charge < -0.3 is 9.47 Å². The van der Waals surface area contributed by atoms with Crippen LogP contribution in [0.25, 0.3) is 11.8 Å². The van der Waals surface area contributed by atoms with Gasteiger partial charge in [0, 0.05) is 11.0 Å². The van der Waals surface area contributed by atoms with Crippen molar-refractivity contribution in [3.05, 3.63) is 105 Å². The Kier molecular flexibility index (Phi) is 6.63. The van der Waals surface area contributed by atoms with Crippen molar-refractivity contribution in [1.29, 1.82) is 5.41 Å². The topological polar surface area (TPSA) is 75.0 Å². The molecule has 2 aliphatic heterocycles. The van der Waals surface area contributed by atoms with Gasteiger partial charge in [0.25, 0.3) is 5.91 Å². The number of thioether (sulfide) groups is 1. The van der Waals surface area contributed by atoms with Crippen molar-refractivity contribution in [2.75, 3.05) is 7.11 Å². The predicted octanol–water partition coefficient (Wildman–Crippen LogP) is 6.37. The molecule has 0 saturated heterocycles. The number of hydrogen-bond acceptors (Lipinski definition) is 5. The molecule has 180 valence electrons. The number of carbonyl (C=O) groups is 1. The summed E-state index contributed by atoms with van der Waals surface area (Å²) in [5, 5.41) is 11.3. The second-order valence-corrected chi connectivity index (χ2v) is 9.09. The van der Waals surface area contributed by atoms with Crippen LogP contribution in [0, 0.1) is 11.2 Å². The van der Waals surface area contributed by atoms with Gasteiger partial charge in [-0.3, -0.25) is 15.1 Å². The van der Waals surface area contributed by atoms with Crippen molar-refractivity contribution >= 4 is 52.0 Å². The summed E-state index contributed by atoms with van der Waals surface area (Å²) >= 11 is 7.79. The zero-order valence-electron chi connectivity index (χ0n) is 19.0. The van der Waals surface area contributed by atoms with Crippen molar-refractivity contribution in [3.63, 3.8) is 0 Å². The number of carbonyl (C=O) groups excluding carboxylic acids is 1. The third-order valence-corrected chi connectivity index (χ3v) is 6.68. The molecule has 9 heteroatoms. The maximum atomic E-state index is 14.0. The molecule has 5 rings (SSSR count). The van der Waals surface area contributed by atoms with Crippen molar-refractivity contribution in [2.24, 2.45) is 4.99 Å². The molecule has 0 atom stereocenters. The number of benzene rings is 3. The minimum absolute atomic E-state index is 0.0140. The second-order valence-electron chi connectivity index (χ2n) is 7.84. The SMILES string of the molecule is COc1cc(C=C2C(=N)N3C(c4ccccc4)=CSC3=NC2=O)cc(Cl)c1OCc1ccccc1F. The number of rotatable bonds is 6. The molecule has 3 aromatic carbocycles. The summed E-state index contributed by atoms with van der Waals surface area (Å²) in [6.45, 7) is -0.0367. The number of halogens is 2. The first-order valence-corrected chi connectivity index (χ1v) is 12.1. The molecule has 3 aromatic rings. The summed E-state index contributed by atoms with van der Waals surface area (Å²) in [5.74, 6) is -0.324. The van der Waals surface area contributed by atoms with E-state index in [9.17, 15) is 9.18 Å². The summed E-state index contributed by atoms with van der Waals surface area (Å²) in [5.41, 5.74) is 2.70. The van der Waals surface area contributed by atoms with Crippen LogP contribution in [0.4, 0.5) is 4.39 Å². The number of methoxy groups -OCH3 is 1. The Morgan fingerprint density at radius 2 is 1.89 bits per heavy atom. The van der Waals surface area contributed by atoms with Gasteiger partial charge in [0.1, 0.15) is 18.3 Å². The number of nitrogens with zero attached hydrogens (tertiary/aromatic N) is 2. The average Bonchev–Trinajstić information content (AvgIpc) is 3.31. The molecule has 6 nitrogen and oxygen atoms in total. The first-order valence-electron chi connectivity index (χ1n) is 10.9. The molecular formula is C27H19ClFN3O3S. The van der Waals surface area contributed by atoms with Gasteiger partial charge in [-0.15, -0.1) is 0 Å². The molecule has 2 heterocycles. The van der Waals surface area contributed by atoms with Gasteiger partial charge in [-0.25, -0.2) is 4.39 Å². The molecule has 0 fully saturated rings. The van der Waals surface area contributed by atoms with Crippen LogP contribution < -0.4 is 9.47 Å². The molecular weight excluding hydrogens is 501 g/mol. The van der Waals surface area contributed by atoms with E-state index in [1.165, 1.54) is 24.9 Å². The Hall–Kier alpha value is -3.88. The predicted molar refractivity (Wildman–Crippen MR) is 141 cm³/mol. The quantitative estimate of drug-likeness (QED) is 0.383. The Bertz CT molecular complexity index is 1470. The second kappa shape index (κ2) is 10.0. The van der Waals surface area contributed by atoms with E-state index in [0.29, 0.717) is 22.0 Å². The molecule has 0 bridgehead atoms. The van der Waals surface area contributed by atoms with Gasteiger partial charge in [-0.05, 0) is 35.4 Å². The van der Waals surface area contributed by atoms with E-state index in [1.54, 1.807) is 41.3 Å². The van der Waals surface area contributed by atoms with E-state index in [4.69, 9.17) is 26.5 Å². The van der Waals surface area contributed by atoms with Crippen LogP contribution >= 0.6 is 23.4 Å². The first-order chi connectivity index (χ1) is 17.5. The van der Waals surface area contributed by atoms with Gasteiger partial charge in [-0.2, -0.15) is 4.99 Å². The van der Waals surface area contributed by atoms with Gasteiger partial charge in [0.15, 0.2) is 16.7 Å². The van der Waals surface area contributed by atoms with Crippen molar-refractivity contribution in [3.8, 4) is 11.5 Å². The maximum Gasteiger partial charge on any atom is 0.283 e. The Balaban J connectivity index is 1.45. The third kappa shape index (κ3) is 4.53. The van der Waals surface area contributed by atoms with E-state index in [-0.39, 0.29) is 34.6 Å². The molecule has 0 aromatic heterocycles. The van der Waals surface area contributed by atoms with Crippen molar-refractivity contribution < 1.29 is 18.7 Å². The van der Waals surface area contributed by atoms with Crippen LogP contribution in [-0.4, -0.2) is 28.9 Å². The van der Waals surface area contributed by atoms with E-state index in [2.05, 4.69) is 4.99 Å². The van der Waals surface area contributed by atoms with Crippen LogP contribution in [0.1, 0.15) is 16.7 Å². The van der Waals surface area contributed by atoms with Gasteiger partial charge >= 0.3 is 0 Å². The molecule has 0 saturated carbocycles. The molecule has 0 aliphatic carbocycles. The minimum Gasteiger partial charge on any atom is -0.493 e. The van der Waals surface area contributed by atoms with Gasteiger partial charge in [-0.1, -0.05) is 71.9 Å². The van der Waals surface area contributed by atoms with Gasteiger partial charge in [0.2, 0.25) is 0 Å². The molecule has 1 amide bonds. The number of hydrogen-bond donors (Lipinski definition) is 1. The number of aliphatic imine (C=N–C) groups is 1. The highest BCUT2D eigenvalue weighted by atomic mass is 35.5. The summed E-state index contributed by atoms with van der Waals surface area (Å²) in [6, 6.07) is 19.2. The third-order valence-electron chi connectivity index (χ3n) is 5.58. The summed E-state index contributed by atoms with van der Waals surface area (Å²) in [7, 11) is 1.46. The van der Waals surface area contributed by atoms with Gasteiger partial charge in [0.05, 0.1) is 23.4 Å². The minimum atomic E-state index is -0.517. The largest absolute Gasteiger partial charge is 0.493 e. The lowest BCUT2D eigenvalue weighted by atomic mass is 10.1. The summed E-state index contributed by atoms with van der Waals surface area (Å²) in [4.78, 5) is 18.6. The fraction of sp³-hybridized carbons (Fsp3) is 0.0741. The first kappa shape index (κ1) is 23.8. The lowest BCUT2D eigenvalue weighted by molar-refractivity contribution is -0.114. The van der Waals surface area contributed by atoms with E-state index >= 15 is 0 Å². The highest BCUT2D eigenvalue weighted by Crippen LogP contribution is 2.40. The van der Waals surface area contributed by atoms with Crippen LogP contribution in [0.5, 0.6) is 11.5 Å². The number of amides is 1. The Morgan fingerprint density at radius 1 is 1.14 bits per heavy atom. The fourth-order valence-electron chi connectivity index (χ4n) is 3.81. The molecule has 2 aliphatic rings.